The number of aromatic nitrogens is 2. The van der Waals surface area contributed by atoms with E-state index in [4.69, 9.17) is 4.74 Å². The molecular formula is C17H26N4O3. The van der Waals surface area contributed by atoms with Gasteiger partial charge in [0.2, 0.25) is 0 Å². The van der Waals surface area contributed by atoms with E-state index in [9.17, 15) is 9.59 Å². The molecule has 2 amide bonds. The van der Waals surface area contributed by atoms with Crippen LogP contribution in [0.4, 0.5) is 0 Å². The molecule has 0 unspecified atom stereocenters. The molecule has 0 aliphatic carbocycles. The molecule has 0 aromatic carbocycles. The van der Waals surface area contributed by atoms with Gasteiger partial charge in [0, 0.05) is 32.7 Å². The van der Waals surface area contributed by atoms with Crippen molar-refractivity contribution in [3.63, 3.8) is 0 Å². The first kappa shape index (κ1) is 17.0. The summed E-state index contributed by atoms with van der Waals surface area (Å²) < 4.78 is 7.29. The summed E-state index contributed by atoms with van der Waals surface area (Å²) in [6.45, 7) is 8.27. The number of rotatable bonds is 4. The van der Waals surface area contributed by atoms with Gasteiger partial charge in [0.05, 0.1) is 18.9 Å². The van der Waals surface area contributed by atoms with Gasteiger partial charge in [-0.05, 0) is 33.1 Å². The molecular weight excluding hydrogens is 308 g/mol. The molecule has 2 aliphatic heterocycles. The molecule has 1 aromatic rings. The van der Waals surface area contributed by atoms with Crippen LogP contribution in [0.15, 0.2) is 0 Å². The molecule has 24 heavy (non-hydrogen) atoms. The van der Waals surface area contributed by atoms with Crippen molar-refractivity contribution >= 4 is 11.8 Å². The first-order valence-electron chi connectivity index (χ1n) is 8.93. The minimum Gasteiger partial charge on any atom is -0.378 e. The first-order valence-corrected chi connectivity index (χ1v) is 8.93. The molecule has 0 spiro atoms. The minimum absolute atomic E-state index is 0.0633. The van der Waals surface area contributed by atoms with Crippen LogP contribution >= 0.6 is 0 Å². The lowest BCUT2D eigenvalue weighted by molar-refractivity contribution is 0.0291. The third-order valence-electron chi connectivity index (χ3n) is 4.86. The average Bonchev–Trinajstić information content (AvgIpc) is 3.02. The molecule has 3 rings (SSSR count). The van der Waals surface area contributed by atoms with Crippen molar-refractivity contribution in [3.05, 3.63) is 17.2 Å². The highest BCUT2D eigenvalue weighted by Crippen LogP contribution is 2.23. The summed E-state index contributed by atoms with van der Waals surface area (Å²) in [5.74, 6) is 0.272. The van der Waals surface area contributed by atoms with E-state index < -0.39 is 0 Å². The summed E-state index contributed by atoms with van der Waals surface area (Å²) >= 11 is 0. The van der Waals surface area contributed by atoms with E-state index in [1.807, 2.05) is 18.4 Å². The largest absolute Gasteiger partial charge is 0.378 e. The number of fused-ring (bicyclic) bond motifs is 1. The zero-order valence-electron chi connectivity index (χ0n) is 14.6. The zero-order chi connectivity index (χ0) is 17.1. The lowest BCUT2D eigenvalue weighted by Crippen LogP contribution is -2.42. The molecule has 0 saturated carbocycles. The molecule has 1 aromatic heterocycles. The second-order valence-electron chi connectivity index (χ2n) is 6.22. The Hall–Kier alpha value is -1.89. The lowest BCUT2D eigenvalue weighted by Gasteiger charge is -2.27. The van der Waals surface area contributed by atoms with E-state index in [-0.39, 0.29) is 11.8 Å². The van der Waals surface area contributed by atoms with E-state index in [2.05, 4.69) is 4.98 Å². The summed E-state index contributed by atoms with van der Waals surface area (Å²) in [6.07, 6.45) is 2.87. The second-order valence-corrected chi connectivity index (χ2v) is 6.22. The number of carbonyl (C=O) groups excluding carboxylic acids is 2. The van der Waals surface area contributed by atoms with Gasteiger partial charge in [-0.3, -0.25) is 9.59 Å². The van der Waals surface area contributed by atoms with Crippen molar-refractivity contribution < 1.29 is 14.3 Å². The lowest BCUT2D eigenvalue weighted by atomic mass is 10.1. The number of amides is 2. The number of imidazole rings is 1. The maximum atomic E-state index is 12.9. The fourth-order valence-electron chi connectivity index (χ4n) is 3.45. The highest BCUT2D eigenvalue weighted by molar-refractivity contribution is 5.97. The Morgan fingerprint density at radius 3 is 2.50 bits per heavy atom. The predicted octanol–water partition coefficient (Wildman–Crippen LogP) is 1.17. The topological polar surface area (TPSA) is 67.7 Å². The SMILES string of the molecule is CCN(CC)C(=O)c1nc(C(=O)N2CCOCC2)n2c1CCCC2. The Bertz CT molecular complexity index is 616. The fraction of sp³-hybridized carbons (Fsp3) is 0.706. The highest BCUT2D eigenvalue weighted by atomic mass is 16.5. The van der Waals surface area contributed by atoms with E-state index in [1.54, 1.807) is 9.80 Å². The van der Waals surface area contributed by atoms with Crippen molar-refractivity contribution in [1.82, 2.24) is 19.4 Å². The number of morpholine rings is 1. The number of hydrogen-bond donors (Lipinski definition) is 0. The Morgan fingerprint density at radius 2 is 1.83 bits per heavy atom. The normalized spacial score (nSPS) is 17.5. The van der Waals surface area contributed by atoms with Gasteiger partial charge >= 0.3 is 0 Å². The molecule has 1 saturated heterocycles. The molecule has 0 atom stereocenters. The first-order chi connectivity index (χ1) is 11.7. The standard InChI is InChI=1S/C17H26N4O3/c1-3-19(4-2)16(22)14-13-7-5-6-8-21(13)15(18-14)17(23)20-9-11-24-12-10-20/h3-12H2,1-2H3. The smallest absolute Gasteiger partial charge is 0.290 e. The summed E-state index contributed by atoms with van der Waals surface area (Å²) in [7, 11) is 0. The number of nitrogens with zero attached hydrogens (tertiary/aromatic N) is 4. The maximum Gasteiger partial charge on any atom is 0.290 e. The van der Waals surface area contributed by atoms with E-state index in [0.29, 0.717) is 50.9 Å². The van der Waals surface area contributed by atoms with Crippen LogP contribution in [-0.4, -0.2) is 70.6 Å². The van der Waals surface area contributed by atoms with Crippen molar-refractivity contribution in [2.75, 3.05) is 39.4 Å². The van der Waals surface area contributed by atoms with Crippen molar-refractivity contribution in [1.29, 1.82) is 0 Å². The number of ether oxygens (including phenoxy) is 1. The maximum absolute atomic E-state index is 12.9. The second kappa shape index (κ2) is 7.34. The molecule has 3 heterocycles. The summed E-state index contributed by atoms with van der Waals surface area (Å²) in [5.41, 5.74) is 1.39. The van der Waals surface area contributed by atoms with Crippen molar-refractivity contribution in [3.8, 4) is 0 Å². The van der Waals surface area contributed by atoms with Gasteiger partial charge < -0.3 is 19.1 Å². The molecule has 0 bridgehead atoms. The minimum atomic E-state index is -0.0833. The Morgan fingerprint density at radius 1 is 1.12 bits per heavy atom. The van der Waals surface area contributed by atoms with Crippen LogP contribution in [0.5, 0.6) is 0 Å². The summed E-state index contributed by atoms with van der Waals surface area (Å²) in [4.78, 5) is 33.7. The molecule has 7 nitrogen and oxygen atoms in total. The summed E-state index contributed by atoms with van der Waals surface area (Å²) in [6, 6.07) is 0. The molecule has 0 radical (unpaired) electrons. The average molecular weight is 334 g/mol. The fourth-order valence-corrected chi connectivity index (χ4v) is 3.45. The van der Waals surface area contributed by atoms with E-state index in [1.165, 1.54) is 0 Å². The monoisotopic (exact) mass is 334 g/mol. The van der Waals surface area contributed by atoms with Gasteiger partial charge in [0.25, 0.3) is 11.8 Å². The van der Waals surface area contributed by atoms with Crippen LogP contribution < -0.4 is 0 Å². The van der Waals surface area contributed by atoms with Gasteiger partial charge in [0.1, 0.15) is 5.69 Å². The van der Waals surface area contributed by atoms with Crippen LogP contribution in [0.1, 0.15) is 53.5 Å². The van der Waals surface area contributed by atoms with Crippen LogP contribution in [-0.2, 0) is 17.7 Å². The van der Waals surface area contributed by atoms with Crippen LogP contribution in [0.2, 0.25) is 0 Å². The predicted molar refractivity (Wildman–Crippen MR) is 89.1 cm³/mol. The molecule has 7 heteroatoms. The zero-order valence-corrected chi connectivity index (χ0v) is 14.6. The van der Waals surface area contributed by atoms with Crippen molar-refractivity contribution in [2.45, 2.75) is 39.7 Å². The number of hydrogen-bond acceptors (Lipinski definition) is 4. The van der Waals surface area contributed by atoms with Crippen molar-refractivity contribution in [2.24, 2.45) is 0 Å². The third-order valence-corrected chi connectivity index (χ3v) is 4.86. The highest BCUT2D eigenvalue weighted by Gasteiger charge is 2.31. The van der Waals surface area contributed by atoms with Gasteiger partial charge in [-0.1, -0.05) is 0 Å². The Balaban J connectivity index is 1.95. The Kier molecular flexibility index (Phi) is 5.18. The number of carbonyl (C=O) groups is 2. The quantitative estimate of drug-likeness (QED) is 0.829. The third kappa shape index (κ3) is 3.05. The molecule has 2 aliphatic rings. The van der Waals surface area contributed by atoms with Crippen LogP contribution in [0, 0.1) is 0 Å². The summed E-state index contributed by atoms with van der Waals surface area (Å²) in [5, 5.41) is 0. The van der Waals surface area contributed by atoms with Gasteiger partial charge in [0.15, 0.2) is 5.82 Å². The molecule has 1 fully saturated rings. The Labute approximate surface area is 142 Å². The van der Waals surface area contributed by atoms with Crippen LogP contribution in [0.25, 0.3) is 0 Å². The van der Waals surface area contributed by atoms with E-state index >= 15 is 0 Å². The van der Waals surface area contributed by atoms with Crippen LogP contribution in [0.3, 0.4) is 0 Å². The molecule has 132 valence electrons. The molecule has 0 N–H and O–H groups in total. The van der Waals surface area contributed by atoms with Gasteiger partial charge in [-0.2, -0.15) is 0 Å². The van der Waals surface area contributed by atoms with Gasteiger partial charge in [-0.15, -0.1) is 0 Å². The van der Waals surface area contributed by atoms with Gasteiger partial charge in [-0.25, -0.2) is 4.98 Å². The van der Waals surface area contributed by atoms with E-state index in [0.717, 1.165) is 31.5 Å².